The Morgan fingerprint density at radius 3 is 2.59 bits per heavy atom. The first-order valence-corrected chi connectivity index (χ1v) is 8.85. The molecular formula is C21H24FN5. The van der Waals surface area contributed by atoms with Gasteiger partial charge in [-0.15, -0.1) is 0 Å². The third-order valence-corrected chi connectivity index (χ3v) is 4.37. The Kier molecular flexibility index (Phi) is 5.76. The van der Waals surface area contributed by atoms with Crippen LogP contribution < -0.4 is 5.32 Å². The molecule has 0 unspecified atom stereocenters. The lowest BCUT2D eigenvalue weighted by Gasteiger charge is -2.14. The zero-order chi connectivity index (χ0) is 19.4. The maximum absolute atomic E-state index is 14.3. The first kappa shape index (κ1) is 18.9. The van der Waals surface area contributed by atoms with Crippen LogP contribution in [0.4, 0.5) is 10.2 Å². The van der Waals surface area contributed by atoms with E-state index in [9.17, 15) is 4.39 Å². The minimum Gasteiger partial charge on any atom is -0.366 e. The van der Waals surface area contributed by atoms with Gasteiger partial charge in [0.25, 0.3) is 0 Å². The highest BCUT2D eigenvalue weighted by Gasteiger charge is 2.11. The van der Waals surface area contributed by atoms with E-state index in [2.05, 4.69) is 20.3 Å². The van der Waals surface area contributed by atoms with E-state index in [4.69, 9.17) is 0 Å². The Balaban J connectivity index is 1.80. The number of benzene rings is 1. The average molecular weight is 365 g/mol. The topological polar surface area (TPSA) is 53.9 Å². The van der Waals surface area contributed by atoms with Gasteiger partial charge in [-0.2, -0.15) is 0 Å². The van der Waals surface area contributed by atoms with Crippen LogP contribution in [0.15, 0.2) is 42.7 Å². The van der Waals surface area contributed by atoms with Crippen LogP contribution >= 0.6 is 0 Å². The minimum atomic E-state index is -0.186. The maximum atomic E-state index is 14.3. The van der Waals surface area contributed by atoms with Gasteiger partial charge in [-0.05, 0) is 51.7 Å². The lowest BCUT2D eigenvalue weighted by Crippen LogP contribution is -2.12. The highest BCUT2D eigenvalue weighted by atomic mass is 19.1. The van der Waals surface area contributed by atoms with Crippen molar-refractivity contribution in [3.63, 3.8) is 0 Å². The minimum absolute atomic E-state index is 0.186. The number of nitrogens with one attached hydrogen (secondary N) is 1. The summed E-state index contributed by atoms with van der Waals surface area (Å²) < 4.78 is 14.3. The second kappa shape index (κ2) is 8.22. The van der Waals surface area contributed by atoms with Crippen molar-refractivity contribution in [2.45, 2.75) is 26.9 Å². The molecule has 2 heterocycles. The van der Waals surface area contributed by atoms with E-state index in [0.717, 1.165) is 28.2 Å². The highest BCUT2D eigenvalue weighted by Crippen LogP contribution is 2.22. The van der Waals surface area contributed by atoms with Gasteiger partial charge in [-0.3, -0.25) is 4.98 Å². The molecule has 1 N–H and O–H groups in total. The summed E-state index contributed by atoms with van der Waals surface area (Å²) in [6, 6.07) is 9.15. The zero-order valence-electron chi connectivity index (χ0n) is 16.1. The first-order chi connectivity index (χ1) is 12.9. The van der Waals surface area contributed by atoms with Crippen LogP contribution in [0.1, 0.15) is 22.4 Å². The van der Waals surface area contributed by atoms with E-state index in [1.807, 2.05) is 57.1 Å². The van der Waals surface area contributed by atoms with E-state index < -0.39 is 0 Å². The molecule has 0 bridgehead atoms. The summed E-state index contributed by atoms with van der Waals surface area (Å²) in [7, 11) is 3.85. The molecular weight excluding hydrogens is 341 g/mol. The van der Waals surface area contributed by atoms with Crippen molar-refractivity contribution in [1.82, 2.24) is 19.9 Å². The third-order valence-electron chi connectivity index (χ3n) is 4.37. The van der Waals surface area contributed by atoms with Crippen LogP contribution in [0.3, 0.4) is 0 Å². The van der Waals surface area contributed by atoms with Gasteiger partial charge in [0, 0.05) is 47.9 Å². The smallest absolute Gasteiger partial charge is 0.163 e. The Hall–Kier alpha value is -2.86. The van der Waals surface area contributed by atoms with Gasteiger partial charge in [0.05, 0.1) is 0 Å². The van der Waals surface area contributed by atoms with Crippen molar-refractivity contribution in [3.8, 4) is 11.4 Å². The Bertz CT molecular complexity index is 925. The summed E-state index contributed by atoms with van der Waals surface area (Å²) >= 11 is 0. The fourth-order valence-corrected chi connectivity index (χ4v) is 2.78. The summed E-state index contributed by atoms with van der Waals surface area (Å²) in [5.74, 6) is 1.19. The fourth-order valence-electron chi connectivity index (χ4n) is 2.78. The van der Waals surface area contributed by atoms with E-state index in [-0.39, 0.29) is 5.82 Å². The molecule has 0 atom stereocenters. The molecule has 3 aromatic rings. The van der Waals surface area contributed by atoms with E-state index in [1.165, 1.54) is 0 Å². The van der Waals surface area contributed by atoms with Gasteiger partial charge in [-0.1, -0.05) is 12.1 Å². The van der Waals surface area contributed by atoms with Crippen molar-refractivity contribution in [2.75, 3.05) is 19.4 Å². The first-order valence-electron chi connectivity index (χ1n) is 8.85. The van der Waals surface area contributed by atoms with Crippen LogP contribution in [-0.4, -0.2) is 33.9 Å². The van der Waals surface area contributed by atoms with Gasteiger partial charge in [-0.25, -0.2) is 14.4 Å². The Morgan fingerprint density at radius 2 is 1.93 bits per heavy atom. The lowest BCUT2D eigenvalue weighted by atomic mass is 10.1. The Labute approximate surface area is 159 Å². The molecule has 1 aromatic carbocycles. The normalized spacial score (nSPS) is 11.0. The molecule has 6 heteroatoms. The molecule has 3 rings (SSSR count). The monoisotopic (exact) mass is 365 g/mol. The zero-order valence-corrected chi connectivity index (χ0v) is 16.1. The molecule has 2 aromatic heterocycles. The summed E-state index contributed by atoms with van der Waals surface area (Å²) in [6.07, 6.45) is 3.46. The number of nitrogens with zero attached hydrogens (tertiary/aromatic N) is 4. The molecule has 0 fully saturated rings. The number of hydrogen-bond donors (Lipinski definition) is 1. The average Bonchev–Trinajstić information content (AvgIpc) is 2.65. The molecule has 0 radical (unpaired) electrons. The van der Waals surface area contributed by atoms with Crippen LogP contribution in [0.25, 0.3) is 11.4 Å². The van der Waals surface area contributed by atoms with E-state index in [0.29, 0.717) is 24.5 Å². The molecule has 0 spiro atoms. The molecule has 0 aliphatic heterocycles. The second-order valence-electron chi connectivity index (χ2n) is 6.87. The molecule has 0 aliphatic rings. The van der Waals surface area contributed by atoms with Gasteiger partial charge < -0.3 is 10.2 Å². The van der Waals surface area contributed by atoms with Gasteiger partial charge in [0.1, 0.15) is 11.6 Å². The standard InChI is InChI=1S/C21H24FN5/c1-14-15(2)25-21(17-6-5-9-23-12-17)26-20(14)24-11-16-7-8-18(13-27(3)4)19(22)10-16/h5-10,12H,11,13H2,1-4H3,(H,24,25,26). The predicted molar refractivity (Wildman–Crippen MR) is 106 cm³/mol. The van der Waals surface area contributed by atoms with Crippen molar-refractivity contribution in [1.29, 1.82) is 0 Å². The lowest BCUT2D eigenvalue weighted by molar-refractivity contribution is 0.392. The molecule has 5 nitrogen and oxygen atoms in total. The van der Waals surface area contributed by atoms with Crippen molar-refractivity contribution >= 4 is 5.82 Å². The van der Waals surface area contributed by atoms with Crippen LogP contribution in [0.2, 0.25) is 0 Å². The number of halogens is 1. The van der Waals surface area contributed by atoms with Gasteiger partial charge in [0.15, 0.2) is 5.82 Å². The van der Waals surface area contributed by atoms with E-state index in [1.54, 1.807) is 18.5 Å². The largest absolute Gasteiger partial charge is 0.366 e. The summed E-state index contributed by atoms with van der Waals surface area (Å²) in [5, 5.41) is 3.32. The highest BCUT2D eigenvalue weighted by molar-refractivity contribution is 5.58. The number of hydrogen-bond acceptors (Lipinski definition) is 5. The number of anilines is 1. The third kappa shape index (κ3) is 4.65. The van der Waals surface area contributed by atoms with Crippen LogP contribution in [-0.2, 0) is 13.1 Å². The van der Waals surface area contributed by atoms with Crippen LogP contribution in [0.5, 0.6) is 0 Å². The second-order valence-corrected chi connectivity index (χ2v) is 6.87. The number of rotatable bonds is 6. The Morgan fingerprint density at radius 1 is 1.11 bits per heavy atom. The molecule has 0 saturated carbocycles. The van der Waals surface area contributed by atoms with Crippen molar-refractivity contribution < 1.29 is 4.39 Å². The maximum Gasteiger partial charge on any atom is 0.163 e. The molecule has 140 valence electrons. The van der Waals surface area contributed by atoms with E-state index >= 15 is 0 Å². The van der Waals surface area contributed by atoms with Crippen molar-refractivity contribution in [3.05, 3.63) is 70.9 Å². The number of pyridine rings is 1. The molecule has 0 aliphatic carbocycles. The summed E-state index contributed by atoms with van der Waals surface area (Å²) in [4.78, 5) is 15.3. The molecule has 27 heavy (non-hydrogen) atoms. The number of aryl methyl sites for hydroxylation is 1. The predicted octanol–water partition coefficient (Wildman–Crippen LogP) is 3.97. The summed E-state index contributed by atoms with van der Waals surface area (Å²) in [5.41, 5.74) is 4.30. The van der Waals surface area contributed by atoms with Gasteiger partial charge >= 0.3 is 0 Å². The van der Waals surface area contributed by atoms with Gasteiger partial charge in [0.2, 0.25) is 0 Å². The molecule has 0 saturated heterocycles. The SMILES string of the molecule is Cc1nc(-c2cccnc2)nc(NCc2ccc(CN(C)C)c(F)c2)c1C. The van der Waals surface area contributed by atoms with Crippen LogP contribution in [0, 0.1) is 19.7 Å². The fraction of sp³-hybridized carbons (Fsp3) is 0.286. The van der Waals surface area contributed by atoms with Crippen molar-refractivity contribution in [2.24, 2.45) is 0 Å². The number of aromatic nitrogens is 3. The molecule has 0 amide bonds. The summed E-state index contributed by atoms with van der Waals surface area (Å²) in [6.45, 7) is 5.00. The quantitative estimate of drug-likeness (QED) is 0.716.